The van der Waals surface area contributed by atoms with Crippen LogP contribution in [0.3, 0.4) is 0 Å². The van der Waals surface area contributed by atoms with Crippen LogP contribution in [0.25, 0.3) is 20.8 Å². The second kappa shape index (κ2) is 7.44. The fraction of sp³-hybridized carbons (Fsp3) is 0.182. The van der Waals surface area contributed by atoms with Gasteiger partial charge in [-0.25, -0.2) is 4.98 Å². The minimum absolute atomic E-state index is 0.249. The molecule has 4 nitrogen and oxygen atoms in total. The molecule has 0 saturated heterocycles. The monoisotopic (exact) mass is 439 g/mol. The molecule has 3 N–H and O–H groups in total. The maximum absolute atomic E-state index is 13.0. The van der Waals surface area contributed by atoms with Gasteiger partial charge in [0.2, 0.25) is 0 Å². The number of benzene rings is 1. The summed E-state index contributed by atoms with van der Waals surface area (Å²) in [6.45, 7) is 0. The Kier molecular flexibility index (Phi) is 4.78. The molecule has 0 fully saturated rings. The van der Waals surface area contributed by atoms with Crippen LogP contribution in [0.15, 0.2) is 41.8 Å². The standard InChI is InChI=1S/C22H18ClN3OS2/c23-14-8-3-4-9-15(14)25-21(27)20-18(24)17-12-6-1-2-7-13(12)19(26-22(17)29-20)16-10-5-11-28-16/h3-5,8-11H,1-2,6-7,24H2,(H,25,27). The second-order valence-corrected chi connectivity index (χ2v) is 9.41. The highest BCUT2D eigenvalue weighted by Gasteiger charge is 2.26. The number of nitrogens with one attached hydrogen (secondary N) is 1. The smallest absolute Gasteiger partial charge is 0.267 e. The summed E-state index contributed by atoms with van der Waals surface area (Å²) in [6.07, 6.45) is 4.26. The van der Waals surface area contributed by atoms with Crippen molar-refractivity contribution in [2.45, 2.75) is 25.7 Å². The lowest BCUT2D eigenvalue weighted by Gasteiger charge is -2.19. The number of nitrogen functional groups attached to an aromatic ring is 1. The van der Waals surface area contributed by atoms with Gasteiger partial charge in [0.25, 0.3) is 5.91 Å². The molecule has 0 spiro atoms. The first-order valence-corrected chi connectivity index (χ1v) is 11.5. The number of carbonyl (C=O) groups excluding carboxylic acids is 1. The zero-order valence-corrected chi connectivity index (χ0v) is 17.9. The van der Waals surface area contributed by atoms with Crippen LogP contribution in [0.1, 0.15) is 33.6 Å². The molecule has 0 saturated carbocycles. The van der Waals surface area contributed by atoms with Crippen molar-refractivity contribution >= 4 is 61.8 Å². The van der Waals surface area contributed by atoms with E-state index in [1.54, 1.807) is 23.5 Å². The van der Waals surface area contributed by atoms with Gasteiger partial charge in [-0.05, 0) is 60.4 Å². The predicted octanol–water partition coefficient (Wildman–Crippen LogP) is 6.39. The Morgan fingerprint density at radius 3 is 2.66 bits per heavy atom. The number of aromatic nitrogens is 1. The molecule has 0 bridgehead atoms. The Balaban J connectivity index is 1.64. The van der Waals surface area contributed by atoms with Crippen LogP contribution >= 0.6 is 34.3 Å². The second-order valence-electron chi connectivity index (χ2n) is 7.06. The van der Waals surface area contributed by atoms with E-state index in [-0.39, 0.29) is 5.91 Å². The van der Waals surface area contributed by atoms with E-state index in [1.807, 2.05) is 18.2 Å². The summed E-state index contributed by atoms with van der Waals surface area (Å²) in [5.41, 5.74) is 11.2. The van der Waals surface area contributed by atoms with Gasteiger partial charge in [-0.1, -0.05) is 29.8 Å². The van der Waals surface area contributed by atoms with Crippen molar-refractivity contribution in [2.24, 2.45) is 0 Å². The van der Waals surface area contributed by atoms with Crippen LogP contribution in [0.2, 0.25) is 5.02 Å². The van der Waals surface area contributed by atoms with Crippen LogP contribution in [-0.4, -0.2) is 10.9 Å². The highest BCUT2D eigenvalue weighted by Crippen LogP contribution is 2.43. The number of thiophene rings is 2. The third kappa shape index (κ3) is 3.21. The van der Waals surface area contributed by atoms with Crippen molar-refractivity contribution in [3.63, 3.8) is 0 Å². The molecule has 0 unspecified atom stereocenters. The number of hydrogen-bond acceptors (Lipinski definition) is 5. The van der Waals surface area contributed by atoms with E-state index in [9.17, 15) is 4.79 Å². The fourth-order valence-corrected chi connectivity index (χ4v) is 5.89. The summed E-state index contributed by atoms with van der Waals surface area (Å²) >= 11 is 9.24. The van der Waals surface area contributed by atoms with Crippen molar-refractivity contribution in [3.05, 3.63) is 62.8 Å². The summed E-state index contributed by atoms with van der Waals surface area (Å²) in [7, 11) is 0. The molecule has 0 atom stereocenters. The van der Waals surface area contributed by atoms with E-state index >= 15 is 0 Å². The van der Waals surface area contributed by atoms with Crippen LogP contribution in [0.5, 0.6) is 0 Å². The molecule has 1 amide bonds. The Morgan fingerprint density at radius 2 is 1.90 bits per heavy atom. The van der Waals surface area contributed by atoms with Crippen molar-refractivity contribution < 1.29 is 4.79 Å². The number of halogens is 1. The molecule has 3 heterocycles. The zero-order chi connectivity index (χ0) is 20.0. The normalized spacial score (nSPS) is 13.4. The number of nitrogens with zero attached hydrogens (tertiary/aromatic N) is 1. The number of rotatable bonds is 3. The van der Waals surface area contributed by atoms with Crippen molar-refractivity contribution in [2.75, 3.05) is 11.1 Å². The molecule has 146 valence electrons. The molecule has 1 aliphatic carbocycles. The van der Waals surface area contributed by atoms with Crippen molar-refractivity contribution in [1.29, 1.82) is 0 Å². The van der Waals surface area contributed by atoms with Crippen LogP contribution < -0.4 is 11.1 Å². The number of hydrogen-bond donors (Lipinski definition) is 2. The lowest BCUT2D eigenvalue weighted by atomic mass is 9.88. The Bertz CT molecular complexity index is 1230. The van der Waals surface area contributed by atoms with Gasteiger partial charge in [0.1, 0.15) is 9.71 Å². The molecule has 5 rings (SSSR count). The van der Waals surface area contributed by atoms with E-state index in [2.05, 4.69) is 16.8 Å². The maximum Gasteiger partial charge on any atom is 0.267 e. The molecule has 1 aromatic carbocycles. The summed E-state index contributed by atoms with van der Waals surface area (Å²) in [5, 5.41) is 6.40. The minimum Gasteiger partial charge on any atom is -0.397 e. The van der Waals surface area contributed by atoms with Gasteiger partial charge >= 0.3 is 0 Å². The Hall–Kier alpha value is -2.41. The molecule has 0 aliphatic heterocycles. The highest BCUT2D eigenvalue weighted by molar-refractivity contribution is 7.21. The summed E-state index contributed by atoms with van der Waals surface area (Å²) < 4.78 is 0. The lowest BCUT2D eigenvalue weighted by Crippen LogP contribution is -2.12. The molecule has 29 heavy (non-hydrogen) atoms. The quantitative estimate of drug-likeness (QED) is 0.388. The van der Waals surface area contributed by atoms with Crippen LogP contribution in [-0.2, 0) is 12.8 Å². The van der Waals surface area contributed by atoms with E-state index in [0.717, 1.165) is 41.6 Å². The van der Waals surface area contributed by atoms with Gasteiger partial charge in [0.05, 0.1) is 27.0 Å². The summed E-state index contributed by atoms with van der Waals surface area (Å²) in [5.74, 6) is -0.249. The summed E-state index contributed by atoms with van der Waals surface area (Å²) in [6, 6.07) is 11.3. The first-order chi connectivity index (χ1) is 14.1. The largest absolute Gasteiger partial charge is 0.397 e. The number of amides is 1. The number of carbonyl (C=O) groups is 1. The van der Waals surface area contributed by atoms with Gasteiger partial charge in [-0.15, -0.1) is 22.7 Å². The average molecular weight is 440 g/mol. The predicted molar refractivity (Wildman–Crippen MR) is 123 cm³/mol. The minimum atomic E-state index is -0.249. The number of pyridine rings is 1. The Morgan fingerprint density at radius 1 is 1.10 bits per heavy atom. The molecule has 0 radical (unpaired) electrons. The molecular weight excluding hydrogens is 422 g/mol. The van der Waals surface area contributed by atoms with Gasteiger partial charge in [0, 0.05) is 5.39 Å². The molecular formula is C22H18ClN3OS2. The van der Waals surface area contributed by atoms with Crippen molar-refractivity contribution in [1.82, 2.24) is 4.98 Å². The average Bonchev–Trinajstić information content (AvgIpc) is 3.37. The lowest BCUT2D eigenvalue weighted by molar-refractivity contribution is 0.103. The van der Waals surface area contributed by atoms with Crippen LogP contribution in [0, 0.1) is 0 Å². The number of para-hydroxylation sites is 1. The van der Waals surface area contributed by atoms with E-state index in [4.69, 9.17) is 22.3 Å². The molecule has 3 aromatic heterocycles. The summed E-state index contributed by atoms with van der Waals surface area (Å²) in [4.78, 5) is 20.4. The molecule has 4 aromatic rings. The van der Waals surface area contributed by atoms with E-state index in [0.29, 0.717) is 21.3 Å². The number of anilines is 2. The Labute approximate surface area is 181 Å². The van der Waals surface area contributed by atoms with Gasteiger partial charge in [-0.2, -0.15) is 0 Å². The third-order valence-corrected chi connectivity index (χ3v) is 7.58. The van der Waals surface area contributed by atoms with Crippen molar-refractivity contribution in [3.8, 4) is 10.6 Å². The van der Waals surface area contributed by atoms with E-state index < -0.39 is 0 Å². The first-order valence-electron chi connectivity index (χ1n) is 9.47. The fourth-order valence-electron chi connectivity index (χ4n) is 3.94. The van der Waals surface area contributed by atoms with Gasteiger partial charge in [-0.3, -0.25) is 4.79 Å². The topological polar surface area (TPSA) is 68.0 Å². The number of nitrogens with two attached hydrogens (primary N) is 1. The number of fused-ring (bicyclic) bond motifs is 3. The first kappa shape index (κ1) is 18.6. The van der Waals surface area contributed by atoms with Gasteiger partial charge < -0.3 is 11.1 Å². The van der Waals surface area contributed by atoms with E-state index in [1.165, 1.54) is 27.3 Å². The number of aryl methyl sites for hydroxylation is 1. The third-order valence-electron chi connectivity index (χ3n) is 5.28. The van der Waals surface area contributed by atoms with Crippen LogP contribution in [0.4, 0.5) is 11.4 Å². The van der Waals surface area contributed by atoms with Gasteiger partial charge in [0.15, 0.2) is 0 Å². The zero-order valence-electron chi connectivity index (χ0n) is 15.5. The SMILES string of the molecule is Nc1c(C(=O)Nc2ccccc2Cl)sc2nc(-c3cccs3)c3c(c12)CCCC3. The highest BCUT2D eigenvalue weighted by atomic mass is 35.5. The molecule has 1 aliphatic rings. The maximum atomic E-state index is 13.0. The molecule has 7 heteroatoms.